The predicted molar refractivity (Wildman–Crippen MR) is 78.5 cm³/mol. The third-order valence-electron chi connectivity index (χ3n) is 2.45. The Morgan fingerprint density at radius 2 is 2.17 bits per heavy atom. The molecule has 0 aliphatic carbocycles. The second-order valence-electron chi connectivity index (χ2n) is 3.80. The molecule has 0 radical (unpaired) electrons. The number of benzene rings is 1. The third-order valence-corrected chi connectivity index (χ3v) is 4.00. The van der Waals surface area contributed by atoms with E-state index in [0.29, 0.717) is 10.6 Å². The van der Waals surface area contributed by atoms with Crippen LogP contribution in [0.2, 0.25) is 10.0 Å². The van der Waals surface area contributed by atoms with Gasteiger partial charge in [0.2, 0.25) is 0 Å². The normalized spacial score (nSPS) is 13.1. The maximum absolute atomic E-state index is 9.79. The Kier molecular flexibility index (Phi) is 4.27. The number of phenolic OH excluding ortho intramolecular Hbond substituents is 1. The number of rotatable bonds is 3. The van der Waals surface area contributed by atoms with Crippen LogP contribution in [0.1, 0.15) is 23.4 Å². The largest absolute Gasteiger partial charge is 0.506 e. The van der Waals surface area contributed by atoms with E-state index in [9.17, 15) is 5.11 Å². The molecule has 1 atom stereocenters. The molecule has 0 amide bonds. The van der Waals surface area contributed by atoms with Crippen LogP contribution >= 0.6 is 34.5 Å². The number of nitrogens with zero attached hydrogens (tertiary/aromatic N) is 1. The first-order chi connectivity index (χ1) is 8.58. The van der Waals surface area contributed by atoms with E-state index >= 15 is 0 Å². The van der Waals surface area contributed by atoms with Crippen molar-refractivity contribution in [3.63, 3.8) is 0 Å². The Labute approximate surface area is 120 Å². The van der Waals surface area contributed by atoms with Gasteiger partial charge in [-0.1, -0.05) is 29.3 Å². The van der Waals surface area contributed by atoms with Gasteiger partial charge in [-0.25, -0.2) is 0 Å². The minimum absolute atomic E-state index is 0.00296. The summed E-state index contributed by atoms with van der Waals surface area (Å²) in [5, 5.41) is 12.5. The summed E-state index contributed by atoms with van der Waals surface area (Å²) in [7, 11) is 0. The highest BCUT2D eigenvalue weighted by Gasteiger charge is 2.07. The summed E-state index contributed by atoms with van der Waals surface area (Å²) in [6.07, 6.45) is 1.59. The Hall–Kier alpha value is -1.03. The fourth-order valence-electron chi connectivity index (χ4n) is 1.48. The molecule has 0 aliphatic rings. The maximum Gasteiger partial charge on any atom is 0.143 e. The number of aromatic hydroxyl groups is 1. The van der Waals surface area contributed by atoms with Crippen molar-refractivity contribution in [2.75, 3.05) is 0 Å². The molecule has 0 aliphatic heterocycles. The molecule has 2 nitrogen and oxygen atoms in total. The molecule has 18 heavy (non-hydrogen) atoms. The van der Waals surface area contributed by atoms with Crippen LogP contribution in [0.5, 0.6) is 5.75 Å². The van der Waals surface area contributed by atoms with Gasteiger partial charge in [-0.2, -0.15) is 0 Å². The second kappa shape index (κ2) is 5.74. The zero-order valence-corrected chi connectivity index (χ0v) is 11.9. The van der Waals surface area contributed by atoms with E-state index in [2.05, 4.69) is 4.99 Å². The van der Waals surface area contributed by atoms with Gasteiger partial charge in [0.05, 0.1) is 11.1 Å². The van der Waals surface area contributed by atoms with Crippen LogP contribution < -0.4 is 0 Å². The molecule has 0 saturated heterocycles. The Morgan fingerprint density at radius 1 is 1.39 bits per heavy atom. The summed E-state index contributed by atoms with van der Waals surface area (Å²) >= 11 is 13.4. The number of phenols is 1. The van der Waals surface area contributed by atoms with Gasteiger partial charge in [-0.15, -0.1) is 11.3 Å². The lowest BCUT2D eigenvalue weighted by Gasteiger charge is -2.05. The Bertz CT molecular complexity index is 567. The third kappa shape index (κ3) is 3.05. The SMILES string of the molecule is C[C@@H](N=Cc1cc(Cl)cc(Cl)c1O)c1cccs1. The quantitative estimate of drug-likeness (QED) is 0.800. The van der Waals surface area contributed by atoms with Crippen LogP contribution in [0.3, 0.4) is 0 Å². The average molecular weight is 300 g/mol. The first-order valence-corrected chi connectivity index (χ1v) is 6.96. The zero-order chi connectivity index (χ0) is 13.1. The first-order valence-electron chi connectivity index (χ1n) is 5.32. The fourth-order valence-corrected chi connectivity index (χ4v) is 2.72. The van der Waals surface area contributed by atoms with E-state index in [1.165, 1.54) is 10.9 Å². The summed E-state index contributed by atoms with van der Waals surface area (Å²) in [5.74, 6) is 0.00296. The lowest BCUT2D eigenvalue weighted by molar-refractivity contribution is 0.474. The van der Waals surface area contributed by atoms with Crippen LogP contribution in [0.15, 0.2) is 34.6 Å². The molecule has 1 aromatic carbocycles. The number of hydrogen-bond donors (Lipinski definition) is 1. The standard InChI is InChI=1S/C13H11Cl2NOS/c1-8(12-3-2-4-18-12)16-7-9-5-10(14)6-11(15)13(9)17/h2-8,17H,1H3/t8-/m1/s1. The Morgan fingerprint density at radius 3 is 2.83 bits per heavy atom. The Balaban J connectivity index is 2.24. The van der Waals surface area contributed by atoms with Gasteiger partial charge in [0, 0.05) is 21.7 Å². The van der Waals surface area contributed by atoms with Crippen molar-refractivity contribution >= 4 is 40.8 Å². The van der Waals surface area contributed by atoms with Crippen LogP contribution in [0.4, 0.5) is 0 Å². The number of hydrogen-bond acceptors (Lipinski definition) is 3. The maximum atomic E-state index is 9.79. The molecular formula is C13H11Cl2NOS. The molecule has 1 aromatic heterocycles. The molecule has 0 bridgehead atoms. The van der Waals surface area contributed by atoms with Gasteiger partial charge >= 0.3 is 0 Å². The van der Waals surface area contributed by atoms with Gasteiger partial charge in [0.25, 0.3) is 0 Å². The van der Waals surface area contributed by atoms with Crippen LogP contribution in [0, 0.1) is 0 Å². The van der Waals surface area contributed by atoms with E-state index in [-0.39, 0.29) is 16.8 Å². The molecule has 1 heterocycles. The average Bonchev–Trinajstić information content (AvgIpc) is 2.85. The van der Waals surface area contributed by atoms with Gasteiger partial charge in [0.15, 0.2) is 0 Å². The van der Waals surface area contributed by atoms with Crippen molar-refractivity contribution in [3.8, 4) is 5.75 Å². The van der Waals surface area contributed by atoms with E-state index in [1.54, 1.807) is 23.6 Å². The smallest absolute Gasteiger partial charge is 0.143 e. The molecule has 1 N–H and O–H groups in total. The summed E-state index contributed by atoms with van der Waals surface area (Å²) in [4.78, 5) is 5.55. The minimum Gasteiger partial charge on any atom is -0.506 e. The number of thiophene rings is 1. The van der Waals surface area contributed by atoms with Crippen molar-refractivity contribution in [1.82, 2.24) is 0 Å². The van der Waals surface area contributed by atoms with Crippen LogP contribution in [0.25, 0.3) is 0 Å². The molecule has 0 unspecified atom stereocenters. The monoisotopic (exact) mass is 299 g/mol. The van der Waals surface area contributed by atoms with Crippen molar-refractivity contribution in [2.24, 2.45) is 4.99 Å². The van der Waals surface area contributed by atoms with E-state index in [1.807, 2.05) is 24.4 Å². The van der Waals surface area contributed by atoms with Crippen molar-refractivity contribution < 1.29 is 5.11 Å². The second-order valence-corrected chi connectivity index (χ2v) is 5.62. The van der Waals surface area contributed by atoms with Gasteiger partial charge in [0.1, 0.15) is 5.75 Å². The van der Waals surface area contributed by atoms with Crippen LogP contribution in [-0.4, -0.2) is 11.3 Å². The predicted octanol–water partition coefficient (Wildman–Crippen LogP) is 4.94. The first kappa shape index (κ1) is 13.4. The van der Waals surface area contributed by atoms with E-state index in [0.717, 1.165) is 0 Å². The molecular weight excluding hydrogens is 289 g/mol. The van der Waals surface area contributed by atoms with Crippen LogP contribution in [-0.2, 0) is 0 Å². The zero-order valence-electron chi connectivity index (χ0n) is 9.60. The highest BCUT2D eigenvalue weighted by Crippen LogP contribution is 2.30. The summed E-state index contributed by atoms with van der Waals surface area (Å²) in [6, 6.07) is 7.19. The molecule has 0 spiro atoms. The van der Waals surface area contributed by atoms with Crippen molar-refractivity contribution in [3.05, 3.63) is 50.1 Å². The van der Waals surface area contributed by atoms with Gasteiger partial charge in [-0.05, 0) is 30.5 Å². The summed E-state index contributed by atoms with van der Waals surface area (Å²) in [5.41, 5.74) is 0.524. The summed E-state index contributed by atoms with van der Waals surface area (Å²) in [6.45, 7) is 1.99. The van der Waals surface area contributed by atoms with E-state index in [4.69, 9.17) is 23.2 Å². The molecule has 0 fully saturated rings. The topological polar surface area (TPSA) is 32.6 Å². The molecule has 5 heteroatoms. The van der Waals surface area contributed by atoms with Crippen molar-refractivity contribution in [1.29, 1.82) is 0 Å². The fraction of sp³-hybridized carbons (Fsp3) is 0.154. The van der Waals surface area contributed by atoms with Gasteiger partial charge < -0.3 is 5.11 Å². The van der Waals surface area contributed by atoms with Gasteiger partial charge in [-0.3, -0.25) is 4.99 Å². The van der Waals surface area contributed by atoms with E-state index < -0.39 is 0 Å². The molecule has 2 aromatic rings. The lowest BCUT2D eigenvalue weighted by Crippen LogP contribution is -1.89. The molecule has 2 rings (SSSR count). The lowest BCUT2D eigenvalue weighted by atomic mass is 10.2. The minimum atomic E-state index is 0.00296. The number of aliphatic imine (C=N–C) groups is 1. The highest BCUT2D eigenvalue weighted by molar-refractivity contribution is 7.10. The molecule has 0 saturated carbocycles. The molecule has 94 valence electrons. The van der Waals surface area contributed by atoms with Crippen molar-refractivity contribution in [2.45, 2.75) is 13.0 Å². The number of halogens is 2. The highest BCUT2D eigenvalue weighted by atomic mass is 35.5. The summed E-state index contributed by atoms with van der Waals surface area (Å²) < 4.78 is 0.